The van der Waals surface area contributed by atoms with Crippen molar-refractivity contribution in [2.24, 2.45) is 0 Å². The highest BCUT2D eigenvalue weighted by Gasteiger charge is 2.05. The first-order valence-electron chi connectivity index (χ1n) is 4.46. The first-order valence-corrected chi connectivity index (χ1v) is 5.33. The molecule has 15 heavy (non-hydrogen) atoms. The van der Waals surface area contributed by atoms with Gasteiger partial charge in [-0.05, 0) is 7.05 Å². The third-order valence-electron chi connectivity index (χ3n) is 1.63. The van der Waals surface area contributed by atoms with Gasteiger partial charge in [0.15, 0.2) is 5.13 Å². The van der Waals surface area contributed by atoms with E-state index in [-0.39, 0.29) is 5.91 Å². The predicted octanol–water partition coefficient (Wildman–Crippen LogP) is 1.17. The first kappa shape index (κ1) is 11.7. The number of thiazole rings is 1. The van der Waals surface area contributed by atoms with Gasteiger partial charge in [-0.15, -0.1) is 17.8 Å². The van der Waals surface area contributed by atoms with Crippen molar-refractivity contribution in [2.45, 2.75) is 13.5 Å². The Labute approximate surface area is 93.3 Å². The van der Waals surface area contributed by atoms with Crippen molar-refractivity contribution in [3.63, 3.8) is 0 Å². The van der Waals surface area contributed by atoms with Crippen LogP contribution in [0.25, 0.3) is 0 Å². The molecule has 0 unspecified atom stereocenters. The number of nitrogens with zero attached hydrogens (tertiary/aromatic N) is 2. The van der Waals surface area contributed by atoms with Crippen molar-refractivity contribution in [3.8, 4) is 12.3 Å². The molecular formula is C10H13N3OS. The van der Waals surface area contributed by atoms with Gasteiger partial charge in [0.05, 0.1) is 12.2 Å². The van der Waals surface area contributed by atoms with E-state index in [1.165, 1.54) is 18.3 Å². The molecule has 5 heteroatoms. The molecule has 0 radical (unpaired) electrons. The molecule has 0 fully saturated rings. The molecule has 0 saturated carbocycles. The molecule has 0 aliphatic rings. The number of anilines is 1. The fourth-order valence-electron chi connectivity index (χ4n) is 1.08. The van der Waals surface area contributed by atoms with Crippen LogP contribution in [-0.4, -0.2) is 29.4 Å². The topological polar surface area (TPSA) is 45.2 Å². The molecule has 0 spiro atoms. The summed E-state index contributed by atoms with van der Waals surface area (Å²) in [5.74, 6) is 2.45. The van der Waals surface area contributed by atoms with Crippen LogP contribution >= 0.6 is 11.3 Å². The summed E-state index contributed by atoms with van der Waals surface area (Å²) in [6.07, 6.45) is 5.19. The molecule has 0 atom stereocenters. The second-order valence-corrected chi connectivity index (χ2v) is 4.06. The maximum atomic E-state index is 10.8. The first-order chi connectivity index (χ1) is 7.11. The van der Waals surface area contributed by atoms with Crippen LogP contribution in [0, 0.1) is 12.3 Å². The van der Waals surface area contributed by atoms with Gasteiger partial charge in [-0.3, -0.25) is 9.69 Å². The van der Waals surface area contributed by atoms with Crippen LogP contribution in [0.1, 0.15) is 12.6 Å². The highest BCUT2D eigenvalue weighted by Crippen LogP contribution is 2.16. The number of carbonyl (C=O) groups is 1. The van der Waals surface area contributed by atoms with E-state index in [0.717, 1.165) is 5.69 Å². The summed E-state index contributed by atoms with van der Waals surface area (Å²) in [6.45, 7) is 2.75. The van der Waals surface area contributed by atoms with Gasteiger partial charge in [-0.2, -0.15) is 0 Å². The molecule has 1 rings (SSSR count). The van der Waals surface area contributed by atoms with E-state index in [9.17, 15) is 4.79 Å². The van der Waals surface area contributed by atoms with Gasteiger partial charge in [0.25, 0.3) is 0 Å². The predicted molar refractivity (Wildman–Crippen MR) is 61.6 cm³/mol. The second-order valence-electron chi connectivity index (χ2n) is 3.20. The fourth-order valence-corrected chi connectivity index (χ4v) is 1.82. The maximum Gasteiger partial charge on any atom is 0.223 e. The second kappa shape index (κ2) is 5.49. The van der Waals surface area contributed by atoms with Crippen LogP contribution < -0.4 is 5.32 Å². The fraction of sp³-hybridized carbons (Fsp3) is 0.400. The Hall–Kier alpha value is -1.38. The average molecular weight is 223 g/mol. The van der Waals surface area contributed by atoms with Gasteiger partial charge in [0, 0.05) is 18.8 Å². The number of hydrogen-bond donors (Lipinski definition) is 1. The van der Waals surface area contributed by atoms with Crippen LogP contribution in [0.3, 0.4) is 0 Å². The van der Waals surface area contributed by atoms with Gasteiger partial charge in [-0.1, -0.05) is 5.92 Å². The normalized spacial score (nSPS) is 10.0. The maximum absolute atomic E-state index is 10.8. The van der Waals surface area contributed by atoms with E-state index in [1.807, 2.05) is 17.3 Å². The van der Waals surface area contributed by atoms with Crippen molar-refractivity contribution in [1.82, 2.24) is 9.88 Å². The highest BCUT2D eigenvalue weighted by molar-refractivity contribution is 7.13. The average Bonchev–Trinajstić information content (AvgIpc) is 2.51. The van der Waals surface area contributed by atoms with E-state index in [4.69, 9.17) is 6.42 Å². The molecule has 1 aromatic heterocycles. The summed E-state index contributed by atoms with van der Waals surface area (Å²) in [6, 6.07) is 0. The zero-order valence-corrected chi connectivity index (χ0v) is 9.60. The summed E-state index contributed by atoms with van der Waals surface area (Å²) in [7, 11) is 1.93. The third kappa shape index (κ3) is 4.11. The molecule has 1 aromatic rings. The molecule has 0 aliphatic heterocycles. The van der Waals surface area contributed by atoms with Gasteiger partial charge < -0.3 is 5.32 Å². The smallest absolute Gasteiger partial charge is 0.223 e. The summed E-state index contributed by atoms with van der Waals surface area (Å²) >= 11 is 1.42. The lowest BCUT2D eigenvalue weighted by atomic mass is 10.4. The van der Waals surface area contributed by atoms with Gasteiger partial charge in [-0.25, -0.2) is 4.98 Å². The van der Waals surface area contributed by atoms with Crippen LogP contribution in [0.2, 0.25) is 0 Å². The zero-order valence-electron chi connectivity index (χ0n) is 8.78. The largest absolute Gasteiger partial charge is 0.302 e. The summed E-state index contributed by atoms with van der Waals surface area (Å²) < 4.78 is 0. The van der Waals surface area contributed by atoms with Crippen molar-refractivity contribution in [3.05, 3.63) is 11.1 Å². The zero-order chi connectivity index (χ0) is 11.3. The van der Waals surface area contributed by atoms with Crippen LogP contribution in [-0.2, 0) is 11.3 Å². The molecular weight excluding hydrogens is 210 g/mol. The van der Waals surface area contributed by atoms with Gasteiger partial charge in [0.1, 0.15) is 0 Å². The molecule has 80 valence electrons. The standard InChI is InChI=1S/C10H13N3OS/c1-4-5-13(3)6-9-7-15-10(12-9)11-8(2)14/h1,7H,5-6H2,2-3H3,(H,11,12,14). The quantitative estimate of drug-likeness (QED) is 0.779. The number of nitrogens with one attached hydrogen (secondary N) is 1. The van der Waals surface area contributed by atoms with Crippen LogP contribution in [0.15, 0.2) is 5.38 Å². The monoisotopic (exact) mass is 223 g/mol. The van der Waals surface area contributed by atoms with E-state index in [1.54, 1.807) is 0 Å². The summed E-state index contributed by atoms with van der Waals surface area (Å²) in [5.41, 5.74) is 0.918. The van der Waals surface area contributed by atoms with Crippen molar-refractivity contribution >= 4 is 22.4 Å². The number of rotatable bonds is 4. The molecule has 1 N–H and O–H groups in total. The molecule has 4 nitrogen and oxygen atoms in total. The van der Waals surface area contributed by atoms with Gasteiger partial charge in [0.2, 0.25) is 5.91 Å². The Morgan fingerprint density at radius 1 is 1.80 bits per heavy atom. The Kier molecular flexibility index (Phi) is 4.28. The SMILES string of the molecule is C#CCN(C)Cc1csc(NC(C)=O)n1. The lowest BCUT2D eigenvalue weighted by Crippen LogP contribution is -2.18. The summed E-state index contributed by atoms with van der Waals surface area (Å²) in [4.78, 5) is 17.0. The number of amides is 1. The minimum atomic E-state index is -0.104. The lowest BCUT2D eigenvalue weighted by Gasteiger charge is -2.10. The molecule has 0 saturated heterocycles. The molecule has 0 aromatic carbocycles. The minimum absolute atomic E-state index is 0.104. The van der Waals surface area contributed by atoms with Crippen LogP contribution in [0.5, 0.6) is 0 Å². The van der Waals surface area contributed by atoms with Crippen molar-refractivity contribution in [1.29, 1.82) is 0 Å². The Morgan fingerprint density at radius 2 is 2.53 bits per heavy atom. The van der Waals surface area contributed by atoms with Gasteiger partial charge >= 0.3 is 0 Å². The molecule has 1 amide bonds. The number of aromatic nitrogens is 1. The number of hydrogen-bond acceptors (Lipinski definition) is 4. The Morgan fingerprint density at radius 3 is 3.13 bits per heavy atom. The van der Waals surface area contributed by atoms with E-state index in [2.05, 4.69) is 16.2 Å². The minimum Gasteiger partial charge on any atom is -0.302 e. The molecule has 1 heterocycles. The molecule has 0 aliphatic carbocycles. The van der Waals surface area contributed by atoms with Crippen molar-refractivity contribution < 1.29 is 4.79 Å². The third-order valence-corrected chi connectivity index (χ3v) is 2.43. The Bertz CT molecular complexity index is 380. The van der Waals surface area contributed by atoms with E-state index >= 15 is 0 Å². The summed E-state index contributed by atoms with van der Waals surface area (Å²) in [5, 5.41) is 5.19. The lowest BCUT2D eigenvalue weighted by molar-refractivity contribution is -0.114. The number of terminal acetylenes is 1. The highest BCUT2D eigenvalue weighted by atomic mass is 32.1. The number of carbonyl (C=O) groups excluding carboxylic acids is 1. The van der Waals surface area contributed by atoms with E-state index in [0.29, 0.717) is 18.2 Å². The van der Waals surface area contributed by atoms with Crippen molar-refractivity contribution in [2.75, 3.05) is 18.9 Å². The molecule has 0 bridgehead atoms. The van der Waals surface area contributed by atoms with Crippen LogP contribution in [0.4, 0.5) is 5.13 Å². The Balaban J connectivity index is 2.53. The van der Waals surface area contributed by atoms with E-state index < -0.39 is 0 Å².